The highest BCUT2D eigenvalue weighted by Crippen LogP contribution is 2.34. The molecule has 0 aliphatic rings. The maximum Gasteiger partial charge on any atom is 0.333 e. The summed E-state index contributed by atoms with van der Waals surface area (Å²) >= 11 is 0. The lowest BCUT2D eigenvalue weighted by molar-refractivity contribution is -0.384. The molecule has 0 aliphatic heterocycles. The van der Waals surface area contributed by atoms with E-state index in [2.05, 4.69) is 5.32 Å². The topological polar surface area (TPSA) is 125 Å². The second kappa shape index (κ2) is 6.34. The van der Waals surface area contributed by atoms with Gasteiger partial charge in [-0.1, -0.05) is 6.07 Å². The summed E-state index contributed by atoms with van der Waals surface area (Å²) < 4.78 is 26.4. The fourth-order valence-electron chi connectivity index (χ4n) is 1.51. The molecule has 8 nitrogen and oxygen atoms in total. The molecule has 0 spiro atoms. The first-order chi connectivity index (χ1) is 8.85. The smallest absolute Gasteiger partial charge is 0.333 e. The lowest BCUT2D eigenvalue weighted by atomic mass is 10.2. The molecule has 0 amide bonds. The van der Waals surface area contributed by atoms with Crippen LogP contribution in [0.1, 0.15) is 6.42 Å². The Hall–Kier alpha value is -1.87. The van der Waals surface area contributed by atoms with Gasteiger partial charge in [-0.3, -0.25) is 10.1 Å². The Bertz CT molecular complexity index is 558. The van der Waals surface area contributed by atoms with E-state index in [-0.39, 0.29) is 35.8 Å². The Morgan fingerprint density at radius 2 is 2.16 bits per heavy atom. The molecule has 0 unspecified atom stereocenters. The van der Waals surface area contributed by atoms with Gasteiger partial charge in [0.05, 0.1) is 17.8 Å². The predicted octanol–water partition coefficient (Wildman–Crippen LogP) is 0.694. The SMILES string of the molecule is COc1cccc(NCCCS(N)(=O)=O)c1[N+](=O)[O-]. The summed E-state index contributed by atoms with van der Waals surface area (Å²) in [4.78, 5) is 10.4. The quantitative estimate of drug-likeness (QED) is 0.432. The highest BCUT2D eigenvalue weighted by atomic mass is 32.2. The number of benzene rings is 1. The van der Waals surface area contributed by atoms with E-state index in [0.29, 0.717) is 0 Å². The fraction of sp³-hybridized carbons (Fsp3) is 0.400. The van der Waals surface area contributed by atoms with Crippen LogP contribution in [0.2, 0.25) is 0 Å². The third-order valence-electron chi connectivity index (χ3n) is 2.32. The van der Waals surface area contributed by atoms with Gasteiger partial charge < -0.3 is 10.1 Å². The number of nitrogens with two attached hydrogens (primary N) is 1. The number of nitrogens with zero attached hydrogens (tertiary/aromatic N) is 1. The predicted molar refractivity (Wildman–Crippen MR) is 70.7 cm³/mol. The van der Waals surface area contributed by atoms with E-state index < -0.39 is 14.9 Å². The Labute approximate surface area is 110 Å². The van der Waals surface area contributed by atoms with E-state index in [9.17, 15) is 18.5 Å². The van der Waals surface area contributed by atoms with Crippen molar-refractivity contribution in [3.05, 3.63) is 28.3 Å². The van der Waals surface area contributed by atoms with Gasteiger partial charge in [-0.05, 0) is 18.6 Å². The molecular weight excluding hydrogens is 274 g/mol. The number of nitro groups is 1. The molecule has 9 heteroatoms. The number of anilines is 1. The minimum Gasteiger partial charge on any atom is -0.490 e. The van der Waals surface area contributed by atoms with Crippen molar-refractivity contribution in [3.8, 4) is 5.75 Å². The summed E-state index contributed by atoms with van der Waals surface area (Å²) in [6.45, 7) is 0.254. The Balaban J connectivity index is 2.76. The second-order valence-corrected chi connectivity index (χ2v) is 5.49. The molecule has 0 saturated heterocycles. The number of ether oxygens (including phenoxy) is 1. The van der Waals surface area contributed by atoms with Crippen molar-refractivity contribution in [2.75, 3.05) is 24.7 Å². The van der Waals surface area contributed by atoms with Crippen LogP contribution in [-0.4, -0.2) is 32.7 Å². The van der Waals surface area contributed by atoms with Crippen LogP contribution in [0, 0.1) is 10.1 Å². The standard InChI is InChI=1S/C10H15N3O5S/c1-18-9-5-2-4-8(10(9)13(14)15)12-6-3-7-19(11,16)17/h2,4-5,12H,3,6-7H2,1H3,(H2,11,16,17). The molecule has 19 heavy (non-hydrogen) atoms. The van der Waals surface area contributed by atoms with Crippen LogP contribution < -0.4 is 15.2 Å². The van der Waals surface area contributed by atoms with Gasteiger partial charge in [-0.25, -0.2) is 13.6 Å². The number of nitrogens with one attached hydrogen (secondary N) is 1. The molecule has 1 aromatic rings. The molecule has 0 aromatic heterocycles. The fourth-order valence-corrected chi connectivity index (χ4v) is 2.06. The van der Waals surface area contributed by atoms with E-state index in [4.69, 9.17) is 9.88 Å². The largest absolute Gasteiger partial charge is 0.490 e. The van der Waals surface area contributed by atoms with Crippen molar-refractivity contribution in [1.29, 1.82) is 0 Å². The van der Waals surface area contributed by atoms with Crippen molar-refractivity contribution < 1.29 is 18.1 Å². The highest BCUT2D eigenvalue weighted by Gasteiger charge is 2.19. The molecule has 0 heterocycles. The van der Waals surface area contributed by atoms with Gasteiger partial charge in [0.2, 0.25) is 10.0 Å². The van der Waals surface area contributed by atoms with E-state index >= 15 is 0 Å². The summed E-state index contributed by atoms with van der Waals surface area (Å²) in [6.07, 6.45) is 0.257. The van der Waals surface area contributed by atoms with Gasteiger partial charge in [0, 0.05) is 6.54 Å². The maximum absolute atomic E-state index is 11.0. The minimum absolute atomic E-state index is 0.140. The molecule has 1 aromatic carbocycles. The number of hydrogen-bond acceptors (Lipinski definition) is 6. The van der Waals surface area contributed by atoms with Gasteiger partial charge >= 0.3 is 5.69 Å². The number of nitro benzene ring substituents is 1. The zero-order chi connectivity index (χ0) is 14.5. The van der Waals surface area contributed by atoms with Gasteiger partial charge in [0.25, 0.3) is 0 Å². The molecule has 1 rings (SSSR count). The summed E-state index contributed by atoms with van der Waals surface area (Å²) in [6, 6.07) is 4.61. The van der Waals surface area contributed by atoms with Crippen LogP contribution in [0.15, 0.2) is 18.2 Å². The Morgan fingerprint density at radius 3 is 2.68 bits per heavy atom. The highest BCUT2D eigenvalue weighted by molar-refractivity contribution is 7.89. The lowest BCUT2D eigenvalue weighted by Crippen LogP contribution is -2.18. The van der Waals surface area contributed by atoms with Crippen LogP contribution in [0.4, 0.5) is 11.4 Å². The zero-order valence-corrected chi connectivity index (χ0v) is 11.1. The number of sulfonamides is 1. The maximum atomic E-state index is 11.0. The first kappa shape index (κ1) is 15.2. The molecule has 106 valence electrons. The number of primary sulfonamides is 1. The molecular formula is C10H15N3O5S. The first-order valence-corrected chi connectivity index (χ1v) is 7.12. The van der Waals surface area contributed by atoms with Crippen LogP contribution in [0.3, 0.4) is 0 Å². The number of methoxy groups -OCH3 is 1. The minimum atomic E-state index is -3.52. The van der Waals surface area contributed by atoms with Crippen molar-refractivity contribution in [1.82, 2.24) is 0 Å². The summed E-state index contributed by atoms with van der Waals surface area (Å²) in [5.74, 6) is -0.0425. The molecule has 0 saturated carbocycles. The Kier molecular flexibility index (Phi) is 5.07. The third kappa shape index (κ3) is 4.72. The summed E-state index contributed by atoms with van der Waals surface area (Å²) in [5, 5.41) is 18.6. The van der Waals surface area contributed by atoms with Crippen LogP contribution >= 0.6 is 0 Å². The summed E-state index contributed by atoms with van der Waals surface area (Å²) in [5.41, 5.74) is 0.0966. The third-order valence-corrected chi connectivity index (χ3v) is 3.18. The number of hydrogen-bond donors (Lipinski definition) is 2. The van der Waals surface area contributed by atoms with Crippen molar-refractivity contribution in [3.63, 3.8) is 0 Å². The molecule has 0 radical (unpaired) electrons. The molecule has 0 bridgehead atoms. The van der Waals surface area contributed by atoms with E-state index in [1.54, 1.807) is 6.07 Å². The first-order valence-electron chi connectivity index (χ1n) is 5.41. The van der Waals surface area contributed by atoms with Crippen molar-refractivity contribution in [2.24, 2.45) is 5.14 Å². The van der Waals surface area contributed by atoms with Gasteiger partial charge in [0.15, 0.2) is 5.75 Å². The van der Waals surface area contributed by atoms with E-state index in [1.165, 1.54) is 19.2 Å². The van der Waals surface area contributed by atoms with E-state index in [1.807, 2.05) is 0 Å². The molecule has 0 fully saturated rings. The van der Waals surface area contributed by atoms with Crippen LogP contribution in [-0.2, 0) is 10.0 Å². The normalized spacial score (nSPS) is 11.1. The zero-order valence-electron chi connectivity index (χ0n) is 10.3. The Morgan fingerprint density at radius 1 is 1.47 bits per heavy atom. The van der Waals surface area contributed by atoms with Crippen molar-refractivity contribution >= 4 is 21.4 Å². The van der Waals surface area contributed by atoms with Gasteiger partial charge in [-0.15, -0.1) is 0 Å². The average molecular weight is 289 g/mol. The summed E-state index contributed by atoms with van der Waals surface area (Å²) in [7, 11) is -2.18. The second-order valence-electron chi connectivity index (χ2n) is 3.76. The lowest BCUT2D eigenvalue weighted by Gasteiger charge is -2.09. The average Bonchev–Trinajstić information content (AvgIpc) is 2.32. The van der Waals surface area contributed by atoms with Gasteiger partial charge in [-0.2, -0.15) is 0 Å². The molecule has 0 aliphatic carbocycles. The van der Waals surface area contributed by atoms with E-state index in [0.717, 1.165) is 0 Å². The number of para-hydroxylation sites is 1. The monoisotopic (exact) mass is 289 g/mol. The van der Waals surface area contributed by atoms with Crippen LogP contribution in [0.25, 0.3) is 0 Å². The molecule has 0 atom stereocenters. The van der Waals surface area contributed by atoms with Crippen LogP contribution in [0.5, 0.6) is 5.75 Å². The van der Waals surface area contributed by atoms with Gasteiger partial charge in [0.1, 0.15) is 5.69 Å². The van der Waals surface area contributed by atoms with Crippen molar-refractivity contribution in [2.45, 2.75) is 6.42 Å². The molecule has 3 N–H and O–H groups in total. The number of rotatable bonds is 7.